The Kier molecular flexibility index (Phi) is 9.03. The van der Waals surface area contributed by atoms with E-state index in [4.69, 9.17) is 14.2 Å². The van der Waals surface area contributed by atoms with E-state index in [0.717, 1.165) is 29.7 Å². The molecule has 3 atom stereocenters. The van der Waals surface area contributed by atoms with E-state index in [0.29, 0.717) is 12.8 Å². The summed E-state index contributed by atoms with van der Waals surface area (Å²) in [6, 6.07) is 15.0. The van der Waals surface area contributed by atoms with Crippen molar-refractivity contribution in [1.29, 1.82) is 0 Å². The predicted molar refractivity (Wildman–Crippen MR) is 141 cm³/mol. The molecule has 0 N–H and O–H groups in total. The van der Waals surface area contributed by atoms with E-state index in [9.17, 15) is 27.6 Å². The number of cyclic esters (lactones) is 1. The fourth-order valence-corrected chi connectivity index (χ4v) is 5.06. The first-order valence-electron chi connectivity index (χ1n) is 13.1. The third-order valence-electron chi connectivity index (χ3n) is 7.48. The molecule has 2 aromatic carbocycles. The number of methoxy groups -OCH3 is 1. The summed E-state index contributed by atoms with van der Waals surface area (Å²) in [7, 11) is 0.781. The highest BCUT2D eigenvalue weighted by atomic mass is 19.4. The van der Waals surface area contributed by atoms with Gasteiger partial charge in [0, 0.05) is 12.7 Å². The molecule has 1 heterocycles. The van der Waals surface area contributed by atoms with Crippen LogP contribution in [0.4, 0.5) is 18.0 Å². The van der Waals surface area contributed by atoms with Crippen molar-refractivity contribution in [3.63, 3.8) is 0 Å². The van der Waals surface area contributed by atoms with Crippen LogP contribution in [0.25, 0.3) is 0 Å². The first-order chi connectivity index (χ1) is 18.6. The van der Waals surface area contributed by atoms with Gasteiger partial charge in [-0.15, -0.1) is 0 Å². The van der Waals surface area contributed by atoms with Gasteiger partial charge in [-0.2, -0.15) is 13.2 Å². The Morgan fingerprint density at radius 3 is 2.08 bits per heavy atom. The van der Waals surface area contributed by atoms with Crippen molar-refractivity contribution in [2.75, 3.05) is 7.11 Å². The maximum Gasteiger partial charge on any atom is 0.432 e. The van der Waals surface area contributed by atoms with Gasteiger partial charge < -0.3 is 14.2 Å². The molecule has 10 heteroatoms. The quantitative estimate of drug-likeness (QED) is 0.320. The molecule has 0 saturated carbocycles. The third-order valence-corrected chi connectivity index (χ3v) is 7.48. The van der Waals surface area contributed by atoms with Crippen LogP contribution in [0.15, 0.2) is 60.7 Å². The maximum absolute atomic E-state index is 14.5. The van der Waals surface area contributed by atoms with Gasteiger partial charge >= 0.3 is 18.2 Å². The predicted octanol–water partition coefficient (Wildman–Crippen LogP) is 6.20. The van der Waals surface area contributed by atoms with Gasteiger partial charge in [-0.25, -0.2) is 14.5 Å². The number of hydrogen-bond donors (Lipinski definition) is 0. The van der Waals surface area contributed by atoms with E-state index in [2.05, 4.69) is 0 Å². The fraction of sp³-hybridized carbons (Fsp3) is 0.500. The number of amides is 2. The molecule has 1 aliphatic rings. The Bertz CT molecular complexity index is 1200. The lowest BCUT2D eigenvalue weighted by Gasteiger charge is -2.39. The average Bonchev–Trinajstić information content (AvgIpc) is 3.11. The minimum atomic E-state index is -5.17. The number of carbonyl (C=O) groups is 3. The Hall–Kier alpha value is -3.40. The van der Waals surface area contributed by atoms with Crippen molar-refractivity contribution >= 4 is 18.0 Å². The van der Waals surface area contributed by atoms with E-state index >= 15 is 0 Å². The summed E-state index contributed by atoms with van der Waals surface area (Å²) in [6.45, 7) is 8.03. The molecule has 2 amide bonds. The third kappa shape index (κ3) is 5.73. The highest BCUT2D eigenvalue weighted by Crippen LogP contribution is 2.45. The zero-order valence-corrected chi connectivity index (χ0v) is 23.6. The Morgan fingerprint density at radius 1 is 1.02 bits per heavy atom. The molecule has 40 heavy (non-hydrogen) atoms. The number of rotatable bonds is 10. The van der Waals surface area contributed by atoms with Gasteiger partial charge in [-0.05, 0) is 46.1 Å². The number of nitrogens with zero attached hydrogens (tertiary/aromatic N) is 1. The minimum absolute atomic E-state index is 0.0621. The molecule has 0 bridgehead atoms. The molecule has 0 radical (unpaired) electrons. The van der Waals surface area contributed by atoms with Crippen molar-refractivity contribution in [3.05, 3.63) is 71.8 Å². The van der Waals surface area contributed by atoms with Crippen LogP contribution in [0.3, 0.4) is 0 Å². The number of carbonyl (C=O) groups excluding carboxylic acids is 3. The minimum Gasteiger partial charge on any atom is -0.459 e. The molecule has 1 aliphatic heterocycles. The second kappa shape index (κ2) is 11.6. The van der Waals surface area contributed by atoms with Gasteiger partial charge in [0.2, 0.25) is 5.91 Å². The van der Waals surface area contributed by atoms with E-state index in [1.54, 1.807) is 20.8 Å². The molecule has 0 spiro atoms. The van der Waals surface area contributed by atoms with Crippen LogP contribution in [-0.2, 0) is 35.8 Å². The van der Waals surface area contributed by atoms with Crippen molar-refractivity contribution in [1.82, 2.24) is 4.90 Å². The lowest BCUT2D eigenvalue weighted by molar-refractivity contribution is -0.279. The van der Waals surface area contributed by atoms with Crippen molar-refractivity contribution in [3.8, 4) is 0 Å². The number of benzene rings is 2. The molecule has 7 nitrogen and oxygen atoms in total. The van der Waals surface area contributed by atoms with E-state index < -0.39 is 58.5 Å². The largest absolute Gasteiger partial charge is 0.459 e. The van der Waals surface area contributed by atoms with Crippen molar-refractivity contribution < 1.29 is 41.8 Å². The summed E-state index contributed by atoms with van der Waals surface area (Å²) >= 11 is 0. The molecule has 3 rings (SSSR count). The van der Waals surface area contributed by atoms with Crippen LogP contribution in [0, 0.1) is 5.41 Å². The monoisotopic (exact) mass is 563 g/mol. The normalized spacial score (nSPS) is 19.5. The number of ether oxygens (including phenoxy) is 3. The van der Waals surface area contributed by atoms with Crippen molar-refractivity contribution in [2.45, 2.75) is 83.4 Å². The van der Waals surface area contributed by atoms with Crippen LogP contribution >= 0.6 is 0 Å². The summed E-state index contributed by atoms with van der Waals surface area (Å²) in [4.78, 5) is 41.5. The second-order valence-electron chi connectivity index (χ2n) is 11.0. The second-order valence-corrected chi connectivity index (χ2v) is 11.0. The van der Waals surface area contributed by atoms with E-state index in [-0.39, 0.29) is 6.42 Å². The Labute approximate surface area is 232 Å². The maximum atomic E-state index is 14.5. The van der Waals surface area contributed by atoms with Crippen LogP contribution in [0.2, 0.25) is 0 Å². The lowest BCUT2D eigenvalue weighted by atomic mass is 9.81. The summed E-state index contributed by atoms with van der Waals surface area (Å²) in [6.07, 6.45) is -6.60. The van der Waals surface area contributed by atoms with Gasteiger partial charge in [0.1, 0.15) is 11.7 Å². The topological polar surface area (TPSA) is 82.1 Å². The van der Waals surface area contributed by atoms with Crippen LogP contribution in [0.1, 0.15) is 58.6 Å². The van der Waals surface area contributed by atoms with Gasteiger partial charge in [-0.1, -0.05) is 74.0 Å². The molecule has 218 valence electrons. The number of imide groups is 1. The lowest BCUT2D eigenvalue weighted by Crippen LogP contribution is -2.56. The summed E-state index contributed by atoms with van der Waals surface area (Å²) < 4.78 is 59.4. The van der Waals surface area contributed by atoms with Gasteiger partial charge in [0.05, 0.1) is 11.5 Å². The first kappa shape index (κ1) is 31.1. The summed E-state index contributed by atoms with van der Waals surface area (Å²) in [5.74, 6) is -2.41. The molecule has 0 unspecified atom stereocenters. The number of hydrogen-bond acceptors (Lipinski definition) is 6. The number of halogens is 3. The highest BCUT2D eigenvalue weighted by molar-refractivity contribution is 5.97. The zero-order valence-electron chi connectivity index (χ0n) is 23.6. The Balaban J connectivity index is 1.99. The Morgan fingerprint density at radius 2 is 1.57 bits per heavy atom. The van der Waals surface area contributed by atoms with E-state index in [1.807, 2.05) is 30.3 Å². The highest BCUT2D eigenvalue weighted by Gasteiger charge is 2.65. The van der Waals surface area contributed by atoms with Crippen LogP contribution in [0.5, 0.6) is 0 Å². The zero-order chi connectivity index (χ0) is 29.9. The molecule has 2 aromatic rings. The average molecular weight is 564 g/mol. The molecule has 0 aromatic heterocycles. The fourth-order valence-electron chi connectivity index (χ4n) is 5.06. The molecular formula is C30H36F3NO6. The number of esters is 1. The standard InChI is InChI=1S/C30H36F3NO6/c1-7-14-23(39-25(36)29(38-6,30(31,32)33)21-17-12-9-13-18-21)27(2,3)24(35)34-22(28(4,5)40-26(34)37)19-20-15-10-8-11-16-20/h8-13,15-18,22-23H,7,14,19H2,1-6H3/t22-,23-,29-/m0/s1. The SMILES string of the molecule is CCC[C@H](OC(=O)[C@@](OC)(c1ccccc1)C(F)(F)F)C(C)(C)C(=O)N1C(=O)OC(C)(C)[C@@H]1Cc1ccccc1. The van der Waals surface area contributed by atoms with Gasteiger partial charge in [-0.3, -0.25) is 4.79 Å². The molecule has 0 aliphatic carbocycles. The van der Waals surface area contributed by atoms with E-state index in [1.165, 1.54) is 32.0 Å². The van der Waals surface area contributed by atoms with Crippen molar-refractivity contribution in [2.24, 2.45) is 5.41 Å². The van der Waals surface area contributed by atoms with Gasteiger partial charge in [0.15, 0.2) is 0 Å². The summed E-state index contributed by atoms with van der Waals surface area (Å²) in [5.41, 5.74) is -5.64. The molecular weight excluding hydrogens is 527 g/mol. The summed E-state index contributed by atoms with van der Waals surface area (Å²) in [5, 5.41) is 0. The van der Waals surface area contributed by atoms with Crippen LogP contribution in [-0.4, -0.2) is 53.9 Å². The first-order valence-corrected chi connectivity index (χ1v) is 13.1. The smallest absolute Gasteiger partial charge is 0.432 e. The molecule has 1 saturated heterocycles. The van der Waals surface area contributed by atoms with Crippen LogP contribution < -0.4 is 0 Å². The number of alkyl halides is 3. The molecule has 1 fully saturated rings. The van der Waals surface area contributed by atoms with Gasteiger partial charge in [0.25, 0.3) is 5.60 Å².